The second-order valence-corrected chi connectivity index (χ2v) is 9.49. The minimum Gasteiger partial charge on any atom is -0.482 e. The molecular weight excluding hydrogens is 298 g/mol. The predicted octanol–water partition coefficient (Wildman–Crippen LogP) is 3.51. The molecule has 0 saturated carbocycles. The normalized spacial score (nSPS) is 17.7. The van der Waals surface area contributed by atoms with Gasteiger partial charge in [-0.2, -0.15) is 0 Å². The van der Waals surface area contributed by atoms with E-state index in [2.05, 4.69) is 0 Å². The van der Waals surface area contributed by atoms with Crippen LogP contribution in [-0.2, 0) is 10.0 Å². The molecule has 0 unspecified atom stereocenters. The predicted molar refractivity (Wildman–Crippen MR) is 90.1 cm³/mol. The van der Waals surface area contributed by atoms with E-state index < -0.39 is 15.6 Å². The van der Waals surface area contributed by atoms with Crippen LogP contribution >= 0.6 is 0 Å². The number of ether oxygens (including phenoxy) is 1. The number of benzene rings is 1. The molecule has 0 fully saturated rings. The van der Waals surface area contributed by atoms with Crippen molar-refractivity contribution in [3.05, 3.63) is 34.7 Å². The van der Waals surface area contributed by atoms with Crippen LogP contribution in [0.4, 0.5) is 0 Å². The molecule has 0 aromatic heterocycles. The van der Waals surface area contributed by atoms with Crippen LogP contribution in [0.15, 0.2) is 29.2 Å². The average molecular weight is 323 g/mol. The maximum atomic E-state index is 13.0. The fourth-order valence-corrected chi connectivity index (χ4v) is 4.47. The van der Waals surface area contributed by atoms with E-state index in [4.69, 9.17) is 4.74 Å². The molecule has 4 nitrogen and oxygen atoms in total. The molecule has 1 aliphatic heterocycles. The van der Waals surface area contributed by atoms with Crippen molar-refractivity contribution in [3.8, 4) is 5.75 Å². The Labute approximate surface area is 133 Å². The third kappa shape index (κ3) is 3.36. The lowest BCUT2D eigenvalue weighted by molar-refractivity contribution is 0.152. The van der Waals surface area contributed by atoms with Gasteiger partial charge in [0.25, 0.3) is 0 Å². The van der Waals surface area contributed by atoms with Gasteiger partial charge in [0.05, 0.1) is 0 Å². The highest BCUT2D eigenvalue weighted by atomic mass is 32.2. The molecule has 1 aromatic carbocycles. The minimum atomic E-state index is -3.58. The summed E-state index contributed by atoms with van der Waals surface area (Å²) in [5.74, 6) is 0.713. The molecular formula is C17H25NO3S. The van der Waals surface area contributed by atoms with E-state index in [-0.39, 0.29) is 5.41 Å². The summed E-state index contributed by atoms with van der Waals surface area (Å²) in [7, 11) is -1.95. The van der Waals surface area contributed by atoms with Crippen LogP contribution in [0.5, 0.6) is 5.75 Å². The lowest BCUT2D eigenvalue weighted by Crippen LogP contribution is -2.43. The number of hydrogen-bond donors (Lipinski definition) is 0. The summed E-state index contributed by atoms with van der Waals surface area (Å²) < 4.78 is 33.3. The van der Waals surface area contributed by atoms with E-state index in [9.17, 15) is 8.42 Å². The quantitative estimate of drug-likeness (QED) is 0.855. The van der Waals surface area contributed by atoms with Crippen LogP contribution in [0.25, 0.3) is 6.08 Å². The summed E-state index contributed by atoms with van der Waals surface area (Å²) in [5.41, 5.74) is -0.205. The fourth-order valence-electron chi connectivity index (χ4n) is 2.64. The standard InChI is InChI=1S/C17H25NO3S/c1-16(2,3)12-18(6)22(19,20)15-11-13-9-7-8-10-14(13)21-17(15,4)5/h7-11H,12H2,1-6H3. The number of rotatable bonds is 3. The Balaban J connectivity index is 2.48. The number of sulfonamides is 1. The molecule has 0 spiro atoms. The van der Waals surface area contributed by atoms with E-state index in [0.717, 1.165) is 5.56 Å². The SMILES string of the molecule is CN(CC(C)(C)C)S(=O)(=O)C1=Cc2ccccc2OC1(C)C. The first-order chi connectivity index (χ1) is 9.93. The molecule has 1 heterocycles. The number of nitrogens with zero attached hydrogens (tertiary/aromatic N) is 1. The summed E-state index contributed by atoms with van der Waals surface area (Å²) >= 11 is 0. The second-order valence-electron chi connectivity index (χ2n) is 7.48. The van der Waals surface area contributed by atoms with E-state index in [1.807, 2.05) is 45.0 Å². The Hall–Kier alpha value is -1.33. The van der Waals surface area contributed by atoms with Gasteiger partial charge in [-0.05, 0) is 31.4 Å². The van der Waals surface area contributed by atoms with Gasteiger partial charge in [0.1, 0.15) is 16.3 Å². The first-order valence-corrected chi connectivity index (χ1v) is 8.84. The van der Waals surface area contributed by atoms with Crippen molar-refractivity contribution in [1.82, 2.24) is 4.31 Å². The highest BCUT2D eigenvalue weighted by molar-refractivity contribution is 7.93. The molecule has 1 aliphatic rings. The highest BCUT2D eigenvalue weighted by Gasteiger charge is 2.41. The van der Waals surface area contributed by atoms with E-state index in [1.165, 1.54) is 4.31 Å². The Morgan fingerprint density at radius 3 is 2.36 bits per heavy atom. The maximum absolute atomic E-state index is 13.0. The first kappa shape index (κ1) is 17.0. The molecule has 0 bridgehead atoms. The molecule has 0 saturated heterocycles. The molecule has 0 amide bonds. The van der Waals surface area contributed by atoms with Crippen LogP contribution in [0.2, 0.25) is 0 Å². The largest absolute Gasteiger partial charge is 0.482 e. The number of fused-ring (bicyclic) bond motifs is 1. The van der Waals surface area contributed by atoms with Crippen molar-refractivity contribution in [2.24, 2.45) is 5.41 Å². The average Bonchev–Trinajstić information content (AvgIpc) is 2.34. The summed E-state index contributed by atoms with van der Waals surface area (Å²) in [5, 5.41) is 0. The smallest absolute Gasteiger partial charge is 0.242 e. The summed E-state index contributed by atoms with van der Waals surface area (Å²) in [6, 6.07) is 7.48. The Morgan fingerprint density at radius 1 is 1.18 bits per heavy atom. The molecule has 22 heavy (non-hydrogen) atoms. The van der Waals surface area contributed by atoms with Gasteiger partial charge in [-0.15, -0.1) is 0 Å². The van der Waals surface area contributed by atoms with Crippen molar-refractivity contribution in [1.29, 1.82) is 0 Å². The second kappa shape index (κ2) is 5.39. The zero-order chi connectivity index (χ0) is 16.8. The summed E-state index contributed by atoms with van der Waals surface area (Å²) in [6.45, 7) is 10.1. The third-order valence-electron chi connectivity index (χ3n) is 3.55. The molecule has 122 valence electrons. The van der Waals surface area contributed by atoms with Crippen molar-refractivity contribution < 1.29 is 13.2 Å². The minimum absolute atomic E-state index is 0.111. The van der Waals surface area contributed by atoms with Gasteiger partial charge in [0, 0.05) is 19.2 Å². The van der Waals surface area contributed by atoms with Crippen molar-refractivity contribution in [2.45, 2.75) is 40.2 Å². The Kier molecular flexibility index (Phi) is 4.17. The van der Waals surface area contributed by atoms with Crippen molar-refractivity contribution >= 4 is 16.1 Å². The summed E-state index contributed by atoms with van der Waals surface area (Å²) in [4.78, 5) is 0.297. The van der Waals surface area contributed by atoms with Gasteiger partial charge in [0.2, 0.25) is 10.0 Å². The topological polar surface area (TPSA) is 46.6 Å². The van der Waals surface area contributed by atoms with Crippen LogP contribution in [0.1, 0.15) is 40.2 Å². The van der Waals surface area contributed by atoms with Crippen molar-refractivity contribution in [2.75, 3.05) is 13.6 Å². The van der Waals surface area contributed by atoms with Crippen LogP contribution in [0, 0.1) is 5.41 Å². The van der Waals surface area contributed by atoms with Crippen LogP contribution in [0.3, 0.4) is 0 Å². The zero-order valence-electron chi connectivity index (χ0n) is 14.2. The van der Waals surface area contributed by atoms with Gasteiger partial charge in [0.15, 0.2) is 0 Å². The molecule has 0 atom stereocenters. The van der Waals surface area contributed by atoms with Crippen LogP contribution in [-0.4, -0.2) is 31.9 Å². The first-order valence-electron chi connectivity index (χ1n) is 7.40. The van der Waals surface area contributed by atoms with Crippen molar-refractivity contribution in [3.63, 3.8) is 0 Å². The Bertz CT molecular complexity index is 697. The molecule has 0 aliphatic carbocycles. The van der Waals surface area contributed by atoms with E-state index >= 15 is 0 Å². The lowest BCUT2D eigenvalue weighted by atomic mass is 9.97. The molecule has 0 N–H and O–H groups in total. The van der Waals surface area contributed by atoms with Gasteiger partial charge < -0.3 is 4.74 Å². The number of para-hydroxylation sites is 1. The monoisotopic (exact) mass is 323 g/mol. The zero-order valence-corrected chi connectivity index (χ0v) is 15.0. The molecule has 0 radical (unpaired) electrons. The van der Waals surface area contributed by atoms with Gasteiger partial charge >= 0.3 is 0 Å². The third-order valence-corrected chi connectivity index (χ3v) is 5.66. The number of hydrogen-bond acceptors (Lipinski definition) is 3. The van der Waals surface area contributed by atoms with Gasteiger partial charge in [-0.1, -0.05) is 39.0 Å². The van der Waals surface area contributed by atoms with E-state index in [0.29, 0.717) is 17.2 Å². The molecule has 5 heteroatoms. The fraction of sp³-hybridized carbons (Fsp3) is 0.529. The Morgan fingerprint density at radius 2 is 1.77 bits per heavy atom. The molecule has 2 rings (SSSR count). The highest BCUT2D eigenvalue weighted by Crippen LogP contribution is 2.38. The maximum Gasteiger partial charge on any atom is 0.242 e. The molecule has 1 aromatic rings. The van der Waals surface area contributed by atoms with Gasteiger partial charge in [-0.25, -0.2) is 12.7 Å². The van der Waals surface area contributed by atoms with E-state index in [1.54, 1.807) is 27.0 Å². The summed E-state index contributed by atoms with van der Waals surface area (Å²) in [6.07, 6.45) is 1.73. The lowest BCUT2D eigenvalue weighted by Gasteiger charge is -2.36. The van der Waals surface area contributed by atoms with Crippen LogP contribution < -0.4 is 4.74 Å². The van der Waals surface area contributed by atoms with Gasteiger partial charge in [-0.3, -0.25) is 0 Å².